The minimum absolute atomic E-state index is 0.0858. The fraction of sp³-hybridized carbons (Fsp3) is 0.190. The Morgan fingerprint density at radius 2 is 1.90 bits per heavy atom. The van der Waals surface area contributed by atoms with Crippen molar-refractivity contribution in [3.05, 3.63) is 69.1 Å². The Kier molecular flexibility index (Phi) is 4.60. The van der Waals surface area contributed by atoms with Crippen molar-refractivity contribution in [3.63, 3.8) is 0 Å². The van der Waals surface area contributed by atoms with Crippen LogP contribution in [0.15, 0.2) is 53.0 Å². The fourth-order valence-electron chi connectivity index (χ4n) is 3.42. The van der Waals surface area contributed by atoms with E-state index >= 15 is 0 Å². The Balaban J connectivity index is 1.35. The Morgan fingerprint density at radius 3 is 2.66 bits per heavy atom. The Labute approximate surface area is 180 Å². The number of urea groups is 1. The number of rotatable bonds is 2. The molecule has 0 unspecified atom stereocenters. The topological polar surface area (TPSA) is 62.5 Å². The van der Waals surface area contributed by atoms with Gasteiger partial charge in [-0.3, -0.25) is 0 Å². The van der Waals surface area contributed by atoms with Gasteiger partial charge < -0.3 is 10.2 Å². The number of thiazole rings is 1. The molecule has 0 spiro atoms. The fourth-order valence-corrected chi connectivity index (χ4v) is 4.80. The summed E-state index contributed by atoms with van der Waals surface area (Å²) >= 11 is 5.02. The maximum Gasteiger partial charge on any atom is 0.322 e. The number of carbonyl (C=O) groups excluding carboxylic acids is 1. The van der Waals surface area contributed by atoms with Gasteiger partial charge in [-0.15, -0.1) is 5.10 Å². The van der Waals surface area contributed by atoms with Crippen LogP contribution in [0.1, 0.15) is 16.1 Å². The number of nitrogens with zero attached hydrogens (tertiary/aromatic N) is 4. The van der Waals surface area contributed by atoms with Crippen LogP contribution in [0.25, 0.3) is 16.3 Å². The van der Waals surface area contributed by atoms with Crippen LogP contribution in [0, 0.1) is 6.92 Å². The third kappa shape index (κ3) is 3.54. The lowest BCUT2D eigenvalue weighted by Gasteiger charge is -2.26. The van der Waals surface area contributed by atoms with E-state index in [1.165, 1.54) is 5.56 Å². The lowest BCUT2D eigenvalue weighted by Crippen LogP contribution is -2.38. The van der Waals surface area contributed by atoms with Crippen molar-refractivity contribution < 1.29 is 4.79 Å². The van der Waals surface area contributed by atoms with Gasteiger partial charge in [-0.25, -0.2) is 9.31 Å². The van der Waals surface area contributed by atoms with Gasteiger partial charge in [0, 0.05) is 33.6 Å². The molecule has 0 saturated carbocycles. The van der Waals surface area contributed by atoms with Crippen LogP contribution in [0.2, 0.25) is 0 Å². The summed E-state index contributed by atoms with van der Waals surface area (Å²) < 4.78 is 2.93. The minimum Gasteiger partial charge on any atom is -0.319 e. The van der Waals surface area contributed by atoms with Crippen molar-refractivity contribution in [1.29, 1.82) is 0 Å². The monoisotopic (exact) mass is 467 g/mol. The molecule has 8 heteroatoms. The number of carbonyl (C=O) groups is 1. The van der Waals surface area contributed by atoms with Crippen molar-refractivity contribution in [2.45, 2.75) is 19.9 Å². The molecule has 1 aliphatic rings. The molecule has 1 aliphatic heterocycles. The number of aromatic nitrogens is 3. The number of benzene rings is 2. The molecule has 0 aliphatic carbocycles. The van der Waals surface area contributed by atoms with Gasteiger partial charge in [0.05, 0.1) is 12.2 Å². The first kappa shape index (κ1) is 18.3. The van der Waals surface area contributed by atoms with Crippen LogP contribution in [0.4, 0.5) is 10.5 Å². The molecule has 6 nitrogen and oxygen atoms in total. The maximum atomic E-state index is 12.7. The molecule has 29 heavy (non-hydrogen) atoms. The molecule has 146 valence electrons. The summed E-state index contributed by atoms with van der Waals surface area (Å²) in [4.78, 5) is 21.2. The van der Waals surface area contributed by atoms with Crippen molar-refractivity contribution in [1.82, 2.24) is 19.5 Å². The first-order valence-electron chi connectivity index (χ1n) is 9.33. The van der Waals surface area contributed by atoms with E-state index < -0.39 is 0 Å². The zero-order chi connectivity index (χ0) is 20.0. The van der Waals surface area contributed by atoms with Crippen LogP contribution in [0.5, 0.6) is 0 Å². The lowest BCUT2D eigenvalue weighted by atomic mass is 10.1. The van der Waals surface area contributed by atoms with Gasteiger partial charge in [0.15, 0.2) is 5.82 Å². The van der Waals surface area contributed by atoms with E-state index in [9.17, 15) is 4.79 Å². The predicted octanol–water partition coefficient (Wildman–Crippen LogP) is 5.12. The number of hydrogen-bond donors (Lipinski definition) is 1. The van der Waals surface area contributed by atoms with Crippen molar-refractivity contribution in [3.8, 4) is 11.4 Å². The normalized spacial score (nSPS) is 13.5. The molecule has 0 fully saturated rings. The highest BCUT2D eigenvalue weighted by atomic mass is 79.9. The number of nitrogens with one attached hydrogen (secondary N) is 1. The van der Waals surface area contributed by atoms with Crippen LogP contribution in [-0.2, 0) is 13.0 Å². The Morgan fingerprint density at radius 1 is 1.14 bits per heavy atom. The van der Waals surface area contributed by atoms with E-state index in [1.807, 2.05) is 33.7 Å². The SMILES string of the molecule is Cc1ccc(-c2nc3sc4c(n3n2)CCN(C(=O)Nc2ccc(Br)cc2)C4)cc1. The van der Waals surface area contributed by atoms with Gasteiger partial charge in [-0.1, -0.05) is 57.1 Å². The second kappa shape index (κ2) is 7.27. The van der Waals surface area contributed by atoms with Crippen molar-refractivity contribution >= 4 is 43.9 Å². The van der Waals surface area contributed by atoms with Gasteiger partial charge in [-0.05, 0) is 31.2 Å². The molecule has 0 radical (unpaired) electrons. The van der Waals surface area contributed by atoms with Crippen molar-refractivity contribution in [2.75, 3.05) is 11.9 Å². The quantitative estimate of drug-likeness (QED) is 0.444. The highest BCUT2D eigenvalue weighted by Gasteiger charge is 2.26. The summed E-state index contributed by atoms with van der Waals surface area (Å²) in [6.45, 7) is 3.30. The highest BCUT2D eigenvalue weighted by molar-refractivity contribution is 9.10. The molecular weight excluding hydrogens is 450 g/mol. The minimum atomic E-state index is -0.0858. The molecular formula is C21H18BrN5OS. The first-order chi connectivity index (χ1) is 14.1. The Hall–Kier alpha value is -2.71. The van der Waals surface area contributed by atoms with E-state index in [1.54, 1.807) is 11.3 Å². The summed E-state index contributed by atoms with van der Waals surface area (Å²) in [6, 6.07) is 15.7. The zero-order valence-corrected chi connectivity index (χ0v) is 18.1. The molecule has 2 aromatic heterocycles. The second-order valence-electron chi connectivity index (χ2n) is 7.08. The lowest BCUT2D eigenvalue weighted by molar-refractivity contribution is 0.206. The smallest absolute Gasteiger partial charge is 0.319 e. The van der Waals surface area contributed by atoms with Gasteiger partial charge in [0.1, 0.15) is 0 Å². The summed E-state index contributed by atoms with van der Waals surface area (Å²) in [5.41, 5.74) is 4.18. The van der Waals surface area contributed by atoms with Crippen LogP contribution in [-0.4, -0.2) is 32.1 Å². The average Bonchev–Trinajstić information content (AvgIpc) is 3.27. The summed E-state index contributed by atoms with van der Waals surface area (Å²) in [5.74, 6) is 0.745. The van der Waals surface area contributed by atoms with E-state index in [-0.39, 0.29) is 6.03 Å². The third-order valence-electron chi connectivity index (χ3n) is 5.01. The van der Waals surface area contributed by atoms with E-state index in [0.29, 0.717) is 13.1 Å². The molecule has 4 aromatic rings. The van der Waals surface area contributed by atoms with Crippen molar-refractivity contribution in [2.24, 2.45) is 0 Å². The number of anilines is 1. The van der Waals surface area contributed by atoms with Gasteiger partial charge >= 0.3 is 6.03 Å². The average molecular weight is 468 g/mol. The van der Waals surface area contributed by atoms with Gasteiger partial charge in [0.2, 0.25) is 4.96 Å². The van der Waals surface area contributed by atoms with Gasteiger partial charge in [0.25, 0.3) is 0 Å². The molecule has 2 amide bonds. The summed E-state index contributed by atoms with van der Waals surface area (Å²) in [6.07, 6.45) is 0.764. The molecule has 0 atom stereocenters. The number of fused-ring (bicyclic) bond motifs is 3. The third-order valence-corrected chi connectivity index (χ3v) is 6.60. The summed E-state index contributed by atoms with van der Waals surface area (Å²) in [5, 5.41) is 7.69. The van der Waals surface area contributed by atoms with E-state index in [4.69, 9.17) is 10.1 Å². The maximum absolute atomic E-state index is 12.7. The molecule has 0 saturated heterocycles. The highest BCUT2D eigenvalue weighted by Crippen LogP contribution is 2.30. The number of hydrogen-bond acceptors (Lipinski definition) is 4. The van der Waals surface area contributed by atoms with Gasteiger partial charge in [-0.2, -0.15) is 4.98 Å². The Bertz CT molecular complexity index is 1200. The van der Waals surface area contributed by atoms with Crippen LogP contribution < -0.4 is 5.32 Å². The number of halogens is 1. The first-order valence-corrected chi connectivity index (χ1v) is 10.9. The predicted molar refractivity (Wildman–Crippen MR) is 118 cm³/mol. The standard InChI is InChI=1S/C21H18BrN5OS/c1-13-2-4-14(5-3-13)19-24-21-27(25-19)17-10-11-26(12-18(17)29-21)20(28)23-16-8-6-15(22)7-9-16/h2-9H,10-12H2,1H3,(H,23,28). The summed E-state index contributed by atoms with van der Waals surface area (Å²) in [7, 11) is 0. The number of aryl methyl sites for hydroxylation is 1. The molecule has 0 bridgehead atoms. The molecule has 2 aromatic carbocycles. The zero-order valence-electron chi connectivity index (χ0n) is 15.7. The van der Waals surface area contributed by atoms with Crippen LogP contribution in [0.3, 0.4) is 0 Å². The number of amides is 2. The second-order valence-corrected chi connectivity index (χ2v) is 9.05. The largest absolute Gasteiger partial charge is 0.322 e. The van der Waals surface area contributed by atoms with E-state index in [0.717, 1.165) is 43.5 Å². The molecule has 3 heterocycles. The van der Waals surface area contributed by atoms with E-state index in [2.05, 4.69) is 52.4 Å². The molecule has 1 N–H and O–H groups in total. The molecule has 5 rings (SSSR count). The van der Waals surface area contributed by atoms with Crippen LogP contribution >= 0.6 is 27.3 Å².